The highest BCUT2D eigenvalue weighted by Crippen LogP contribution is 2.46. The van der Waals surface area contributed by atoms with Crippen molar-refractivity contribution in [1.82, 2.24) is 0 Å². The molecule has 0 saturated carbocycles. The predicted molar refractivity (Wildman–Crippen MR) is 135 cm³/mol. The molecule has 0 spiro atoms. The summed E-state index contributed by atoms with van der Waals surface area (Å²) in [7, 11) is 0. The molecule has 0 aliphatic heterocycles. The van der Waals surface area contributed by atoms with Gasteiger partial charge in [-0.25, -0.2) is 0 Å². The molecule has 0 radical (unpaired) electrons. The highest BCUT2D eigenvalue weighted by molar-refractivity contribution is 7.80. The van der Waals surface area contributed by atoms with E-state index >= 15 is 0 Å². The van der Waals surface area contributed by atoms with Crippen LogP contribution >= 0.6 is 23.8 Å². The summed E-state index contributed by atoms with van der Waals surface area (Å²) in [6.45, 7) is 0. The maximum atomic E-state index is 14.0. The van der Waals surface area contributed by atoms with Gasteiger partial charge in [0.15, 0.2) is 5.78 Å². The molecule has 3 atom stereocenters. The van der Waals surface area contributed by atoms with Gasteiger partial charge in [0.1, 0.15) is 11.7 Å². The molecule has 4 rings (SSSR count). The lowest BCUT2D eigenvalue weighted by molar-refractivity contribution is -0.116. The zero-order valence-corrected chi connectivity index (χ0v) is 19.5. The van der Waals surface area contributed by atoms with E-state index in [0.29, 0.717) is 21.0 Å². The van der Waals surface area contributed by atoms with Gasteiger partial charge in [0, 0.05) is 21.4 Å². The van der Waals surface area contributed by atoms with Crippen molar-refractivity contribution < 1.29 is 9.90 Å². The number of allylic oxidation sites excluding steroid dienone is 2. The van der Waals surface area contributed by atoms with Crippen LogP contribution in [0.3, 0.4) is 0 Å². The van der Waals surface area contributed by atoms with Crippen molar-refractivity contribution in [1.29, 1.82) is 10.5 Å². The number of hydrogen-bond acceptors (Lipinski definition) is 5. The van der Waals surface area contributed by atoms with E-state index < -0.39 is 29.5 Å². The first-order valence-corrected chi connectivity index (χ1v) is 11.4. The Morgan fingerprint density at radius 2 is 1.32 bits per heavy atom. The van der Waals surface area contributed by atoms with Gasteiger partial charge in [-0.15, -0.1) is 0 Å². The molecule has 3 aromatic rings. The van der Waals surface area contributed by atoms with Gasteiger partial charge in [-0.2, -0.15) is 10.5 Å². The van der Waals surface area contributed by atoms with Gasteiger partial charge in [-0.05, 0) is 28.8 Å². The standard InChI is InChI=1S/C28H19ClN2O2S/c29-21-13-11-19(12-14-21)22(20(15-30)16-31)25-26(32)23(17-7-3-1-4-8-17)28(34)24(27(25)33)18-9-5-2-6-10-18/h1-14,20,22-24,32H/t22-,23-,24-/m0/s1. The molecule has 1 N–H and O–H groups in total. The Labute approximate surface area is 208 Å². The minimum Gasteiger partial charge on any atom is -0.511 e. The average Bonchev–Trinajstić information content (AvgIpc) is 2.86. The van der Waals surface area contributed by atoms with Gasteiger partial charge in [-0.1, -0.05) is 96.6 Å². The third-order valence-corrected chi connectivity index (χ3v) is 6.79. The summed E-state index contributed by atoms with van der Waals surface area (Å²) in [5, 5.41) is 31.6. The maximum Gasteiger partial charge on any atom is 0.175 e. The molecule has 3 aromatic carbocycles. The number of Topliss-reactive ketones (excluding diaryl/α,β-unsaturated/α-hetero) is 1. The second-order valence-electron chi connectivity index (χ2n) is 8.02. The summed E-state index contributed by atoms with van der Waals surface area (Å²) in [6.07, 6.45) is 0. The second kappa shape index (κ2) is 10.0. The van der Waals surface area contributed by atoms with Crippen LogP contribution in [-0.4, -0.2) is 15.8 Å². The van der Waals surface area contributed by atoms with Gasteiger partial charge < -0.3 is 5.11 Å². The average molecular weight is 483 g/mol. The Morgan fingerprint density at radius 3 is 1.82 bits per heavy atom. The Balaban J connectivity index is 1.99. The van der Waals surface area contributed by atoms with Crippen LogP contribution < -0.4 is 0 Å². The summed E-state index contributed by atoms with van der Waals surface area (Å²) in [6, 6.07) is 28.9. The van der Waals surface area contributed by atoms with Crippen molar-refractivity contribution in [3.05, 3.63) is 118 Å². The highest BCUT2D eigenvalue weighted by Gasteiger charge is 2.46. The molecule has 0 fully saturated rings. The minimum absolute atomic E-state index is 0.0340. The minimum atomic E-state index is -1.21. The molecule has 1 aliphatic rings. The number of aliphatic hydroxyl groups is 1. The second-order valence-corrected chi connectivity index (χ2v) is 8.93. The topological polar surface area (TPSA) is 84.9 Å². The van der Waals surface area contributed by atoms with Crippen molar-refractivity contribution in [2.75, 3.05) is 0 Å². The zero-order chi connectivity index (χ0) is 24.2. The number of ketones is 1. The van der Waals surface area contributed by atoms with Crippen molar-refractivity contribution in [3.8, 4) is 12.1 Å². The van der Waals surface area contributed by atoms with E-state index in [1.807, 2.05) is 72.8 Å². The molecule has 0 heterocycles. The first-order valence-electron chi connectivity index (χ1n) is 10.6. The number of carbonyl (C=O) groups excluding carboxylic acids is 1. The molecule has 0 unspecified atom stereocenters. The van der Waals surface area contributed by atoms with Gasteiger partial charge >= 0.3 is 0 Å². The smallest absolute Gasteiger partial charge is 0.175 e. The SMILES string of the molecule is N#CC(C#N)[C@@H](C1=C(O)[C@H](c2ccccc2)C(=S)[C@@H](c2ccccc2)C1=O)c1ccc(Cl)cc1. The van der Waals surface area contributed by atoms with Crippen molar-refractivity contribution in [2.24, 2.45) is 5.92 Å². The fourth-order valence-corrected chi connectivity index (χ4v) is 5.10. The van der Waals surface area contributed by atoms with Crippen LogP contribution in [0, 0.1) is 28.6 Å². The Kier molecular flexibility index (Phi) is 6.89. The lowest BCUT2D eigenvalue weighted by atomic mass is 9.68. The molecule has 6 heteroatoms. The first kappa shape index (κ1) is 23.4. The van der Waals surface area contributed by atoms with Crippen molar-refractivity contribution in [3.63, 3.8) is 0 Å². The normalized spacial score (nSPS) is 18.9. The zero-order valence-electron chi connectivity index (χ0n) is 17.9. The van der Waals surface area contributed by atoms with Crippen molar-refractivity contribution >= 4 is 34.5 Å². The fraction of sp³-hybridized carbons (Fsp3) is 0.143. The van der Waals surface area contributed by atoms with E-state index in [0.717, 1.165) is 5.56 Å². The number of thiocarbonyl (C=S) groups is 1. The van der Waals surface area contributed by atoms with Crippen molar-refractivity contribution in [2.45, 2.75) is 17.8 Å². The lowest BCUT2D eigenvalue weighted by Crippen LogP contribution is -2.37. The Morgan fingerprint density at radius 1 is 0.824 bits per heavy atom. The molecule has 4 nitrogen and oxygen atoms in total. The van der Waals surface area contributed by atoms with E-state index in [-0.39, 0.29) is 11.3 Å². The van der Waals surface area contributed by atoms with Crippen LogP contribution in [0.15, 0.2) is 96.3 Å². The molecular formula is C28H19ClN2O2S. The molecule has 34 heavy (non-hydrogen) atoms. The van der Waals surface area contributed by atoms with E-state index in [2.05, 4.69) is 0 Å². The van der Waals surface area contributed by atoms with E-state index in [1.54, 1.807) is 24.3 Å². The van der Waals surface area contributed by atoms with Gasteiger partial charge in [0.2, 0.25) is 0 Å². The molecule has 166 valence electrons. The van der Waals surface area contributed by atoms with Gasteiger partial charge in [-0.3, -0.25) is 4.79 Å². The fourth-order valence-electron chi connectivity index (χ4n) is 4.48. The molecular weight excluding hydrogens is 464 g/mol. The summed E-state index contributed by atoms with van der Waals surface area (Å²) < 4.78 is 0. The molecule has 0 amide bonds. The van der Waals surface area contributed by atoms with Crippen LogP contribution in [0.4, 0.5) is 0 Å². The number of hydrogen-bond donors (Lipinski definition) is 1. The summed E-state index contributed by atoms with van der Waals surface area (Å²) >= 11 is 11.9. The van der Waals surface area contributed by atoms with E-state index in [1.165, 1.54) is 0 Å². The van der Waals surface area contributed by atoms with Crippen LogP contribution in [0.2, 0.25) is 5.02 Å². The van der Waals surface area contributed by atoms with Crippen LogP contribution in [0.1, 0.15) is 34.4 Å². The largest absolute Gasteiger partial charge is 0.511 e. The molecule has 1 aliphatic carbocycles. The highest BCUT2D eigenvalue weighted by atomic mass is 35.5. The van der Waals surface area contributed by atoms with E-state index in [4.69, 9.17) is 23.8 Å². The van der Waals surface area contributed by atoms with Crippen LogP contribution in [-0.2, 0) is 4.79 Å². The maximum absolute atomic E-state index is 14.0. The van der Waals surface area contributed by atoms with E-state index in [9.17, 15) is 20.4 Å². The third-order valence-electron chi connectivity index (χ3n) is 6.06. The molecule has 0 saturated heterocycles. The number of halogens is 1. The van der Waals surface area contributed by atoms with Gasteiger partial charge in [0.25, 0.3) is 0 Å². The first-order chi connectivity index (χ1) is 16.5. The summed E-state index contributed by atoms with van der Waals surface area (Å²) in [5.74, 6) is -4.34. The summed E-state index contributed by atoms with van der Waals surface area (Å²) in [4.78, 5) is 14.4. The predicted octanol–water partition coefficient (Wildman–Crippen LogP) is 6.42. The molecule has 0 bridgehead atoms. The van der Waals surface area contributed by atoms with Gasteiger partial charge in [0.05, 0.1) is 24.0 Å². The lowest BCUT2D eigenvalue weighted by Gasteiger charge is -2.35. The summed E-state index contributed by atoms with van der Waals surface area (Å²) in [5.41, 5.74) is 2.01. The quantitative estimate of drug-likeness (QED) is 0.424. The number of rotatable bonds is 5. The van der Waals surface area contributed by atoms with Crippen LogP contribution in [0.25, 0.3) is 0 Å². The number of nitrogens with zero attached hydrogens (tertiary/aromatic N) is 2. The number of benzene rings is 3. The number of aliphatic hydroxyl groups excluding tert-OH is 1. The Hall–Kier alpha value is -3.77. The number of nitriles is 2. The Bertz CT molecular complexity index is 1330. The van der Waals surface area contributed by atoms with Crippen LogP contribution in [0.5, 0.6) is 0 Å². The monoisotopic (exact) mass is 482 g/mol. The molecule has 0 aromatic heterocycles. The number of carbonyl (C=O) groups is 1. The third kappa shape index (κ3) is 4.24.